The van der Waals surface area contributed by atoms with E-state index < -0.39 is 0 Å². The van der Waals surface area contributed by atoms with Crippen LogP contribution in [0.4, 0.5) is 0 Å². The molecule has 2 aliphatic rings. The van der Waals surface area contributed by atoms with Gasteiger partial charge in [-0.15, -0.1) is 0 Å². The normalized spacial score (nSPS) is 16.5. The van der Waals surface area contributed by atoms with Gasteiger partial charge in [-0.05, 0) is 45.9 Å². The molecule has 108 valence electrons. The van der Waals surface area contributed by atoms with Gasteiger partial charge >= 0.3 is 0 Å². The molecule has 0 atom stereocenters. The van der Waals surface area contributed by atoms with E-state index in [1.807, 2.05) is 24.3 Å². The Morgan fingerprint density at radius 1 is 0.727 bits per heavy atom. The molecule has 0 radical (unpaired) electrons. The predicted molar refractivity (Wildman–Crippen MR) is 88.6 cm³/mol. The van der Waals surface area contributed by atoms with E-state index in [0.29, 0.717) is 12.1 Å². The van der Waals surface area contributed by atoms with E-state index in [-0.39, 0.29) is 11.5 Å². The highest BCUT2D eigenvalue weighted by molar-refractivity contribution is 6.03. The lowest BCUT2D eigenvalue weighted by molar-refractivity contribution is 0.416. The van der Waals surface area contributed by atoms with Gasteiger partial charge in [0.1, 0.15) is 5.76 Å². The van der Waals surface area contributed by atoms with Crippen molar-refractivity contribution < 1.29 is 5.11 Å². The maximum absolute atomic E-state index is 9.77. The second-order valence-electron chi connectivity index (χ2n) is 5.57. The van der Waals surface area contributed by atoms with Crippen molar-refractivity contribution in [2.24, 2.45) is 11.5 Å². The summed E-state index contributed by atoms with van der Waals surface area (Å²) in [5, 5.41) is 9.77. The van der Waals surface area contributed by atoms with Crippen LogP contribution in [-0.4, -0.2) is 5.11 Å². The van der Waals surface area contributed by atoms with Crippen molar-refractivity contribution in [2.75, 3.05) is 0 Å². The van der Waals surface area contributed by atoms with Crippen LogP contribution in [0.25, 0.3) is 16.7 Å². The van der Waals surface area contributed by atoms with Crippen molar-refractivity contribution in [1.82, 2.24) is 0 Å². The SMILES string of the molecule is NC1=C(N)C(=C2c3ccccc3-c3ccccc32)CC=C1O. The van der Waals surface area contributed by atoms with E-state index >= 15 is 0 Å². The molecule has 3 heteroatoms. The molecular weight excluding hydrogens is 272 g/mol. The molecular formula is C19H16N2O. The molecule has 2 aromatic rings. The second-order valence-corrected chi connectivity index (χ2v) is 5.57. The van der Waals surface area contributed by atoms with Gasteiger partial charge in [-0.1, -0.05) is 48.5 Å². The first-order valence-corrected chi connectivity index (χ1v) is 7.26. The fraction of sp³-hybridized carbons (Fsp3) is 0.0526. The molecule has 0 unspecified atom stereocenters. The Kier molecular flexibility index (Phi) is 2.63. The largest absolute Gasteiger partial charge is 0.506 e. The minimum Gasteiger partial charge on any atom is -0.506 e. The monoisotopic (exact) mass is 288 g/mol. The summed E-state index contributed by atoms with van der Waals surface area (Å²) in [6.45, 7) is 0. The number of benzene rings is 2. The lowest BCUT2D eigenvalue weighted by atomic mass is 9.90. The van der Waals surface area contributed by atoms with Crippen LogP contribution >= 0.6 is 0 Å². The van der Waals surface area contributed by atoms with E-state index in [0.717, 1.165) is 11.1 Å². The summed E-state index contributed by atoms with van der Waals surface area (Å²) in [6, 6.07) is 16.6. The van der Waals surface area contributed by atoms with Gasteiger partial charge < -0.3 is 16.6 Å². The molecule has 0 fully saturated rings. The van der Waals surface area contributed by atoms with Gasteiger partial charge in [-0.3, -0.25) is 0 Å². The summed E-state index contributed by atoms with van der Waals surface area (Å²) in [4.78, 5) is 0. The Balaban J connectivity index is 2.07. The fourth-order valence-corrected chi connectivity index (χ4v) is 3.30. The molecule has 4 rings (SSSR count). The Morgan fingerprint density at radius 2 is 1.23 bits per heavy atom. The fourth-order valence-electron chi connectivity index (χ4n) is 3.30. The van der Waals surface area contributed by atoms with Gasteiger partial charge in [0.05, 0.1) is 11.4 Å². The van der Waals surface area contributed by atoms with Crippen molar-refractivity contribution in [3.8, 4) is 11.1 Å². The first kappa shape index (κ1) is 12.8. The molecule has 5 N–H and O–H groups in total. The van der Waals surface area contributed by atoms with E-state index in [1.165, 1.54) is 22.3 Å². The van der Waals surface area contributed by atoms with Crippen molar-refractivity contribution in [2.45, 2.75) is 6.42 Å². The van der Waals surface area contributed by atoms with Gasteiger partial charge in [-0.25, -0.2) is 0 Å². The zero-order chi connectivity index (χ0) is 15.3. The molecule has 22 heavy (non-hydrogen) atoms. The molecule has 0 aromatic heterocycles. The van der Waals surface area contributed by atoms with Gasteiger partial charge in [0.2, 0.25) is 0 Å². The number of hydrogen-bond donors (Lipinski definition) is 3. The molecule has 0 heterocycles. The van der Waals surface area contributed by atoms with Crippen LogP contribution in [0.2, 0.25) is 0 Å². The van der Waals surface area contributed by atoms with Crippen LogP contribution in [0, 0.1) is 0 Å². The van der Waals surface area contributed by atoms with Crippen molar-refractivity contribution in [3.05, 3.63) is 88.5 Å². The molecule has 0 bridgehead atoms. The smallest absolute Gasteiger partial charge is 0.136 e. The first-order chi connectivity index (χ1) is 10.7. The zero-order valence-electron chi connectivity index (χ0n) is 12.0. The Morgan fingerprint density at radius 3 is 1.77 bits per heavy atom. The summed E-state index contributed by atoms with van der Waals surface area (Å²) in [7, 11) is 0. The van der Waals surface area contributed by atoms with Crippen molar-refractivity contribution >= 4 is 5.57 Å². The highest BCUT2D eigenvalue weighted by Crippen LogP contribution is 2.47. The molecule has 3 nitrogen and oxygen atoms in total. The van der Waals surface area contributed by atoms with E-state index in [9.17, 15) is 5.11 Å². The first-order valence-electron chi connectivity index (χ1n) is 7.26. The zero-order valence-corrected chi connectivity index (χ0v) is 12.0. The highest BCUT2D eigenvalue weighted by Gasteiger charge is 2.27. The lowest BCUT2D eigenvalue weighted by Gasteiger charge is -2.19. The molecule has 0 spiro atoms. The average Bonchev–Trinajstić information content (AvgIpc) is 2.88. The Labute approximate surface area is 128 Å². The number of hydrogen-bond acceptors (Lipinski definition) is 3. The molecule has 0 amide bonds. The minimum absolute atomic E-state index is 0.0708. The summed E-state index contributed by atoms with van der Waals surface area (Å²) in [5.41, 5.74) is 19.7. The second kappa shape index (κ2) is 4.53. The number of aliphatic hydroxyl groups excluding tert-OH is 1. The summed E-state index contributed by atoms with van der Waals surface area (Å²) < 4.78 is 0. The molecule has 2 aromatic carbocycles. The molecule has 0 saturated carbocycles. The maximum atomic E-state index is 9.77. The highest BCUT2D eigenvalue weighted by atomic mass is 16.3. The number of allylic oxidation sites excluding steroid dienone is 2. The summed E-state index contributed by atoms with van der Waals surface area (Å²) in [5.74, 6) is 0.0708. The summed E-state index contributed by atoms with van der Waals surface area (Å²) in [6.07, 6.45) is 2.30. The molecule has 0 saturated heterocycles. The number of aliphatic hydroxyl groups is 1. The Bertz CT molecular complexity index is 840. The standard InChI is InChI=1S/C19H16N2O/c20-18-15(9-10-16(22)19(18)21)17-13-7-3-1-5-11(13)12-6-2-4-8-14(12)17/h1-8,10,22H,9,20-21H2. The number of nitrogens with two attached hydrogens (primary N) is 2. The summed E-state index contributed by atoms with van der Waals surface area (Å²) >= 11 is 0. The quantitative estimate of drug-likeness (QED) is 0.593. The molecule has 2 aliphatic carbocycles. The topological polar surface area (TPSA) is 72.3 Å². The minimum atomic E-state index is 0.0708. The van der Waals surface area contributed by atoms with E-state index in [1.54, 1.807) is 6.08 Å². The third kappa shape index (κ3) is 1.62. The van der Waals surface area contributed by atoms with Crippen LogP contribution < -0.4 is 11.5 Å². The average molecular weight is 288 g/mol. The van der Waals surface area contributed by atoms with E-state index in [4.69, 9.17) is 11.5 Å². The van der Waals surface area contributed by atoms with Gasteiger partial charge in [0.15, 0.2) is 0 Å². The number of fused-ring (bicyclic) bond motifs is 3. The van der Waals surface area contributed by atoms with Crippen molar-refractivity contribution in [1.29, 1.82) is 0 Å². The predicted octanol–water partition coefficient (Wildman–Crippen LogP) is 3.44. The van der Waals surface area contributed by atoms with Gasteiger partial charge in [-0.2, -0.15) is 0 Å². The van der Waals surface area contributed by atoms with Gasteiger partial charge in [0, 0.05) is 0 Å². The van der Waals surface area contributed by atoms with Crippen LogP contribution in [0.5, 0.6) is 0 Å². The molecule has 0 aliphatic heterocycles. The number of rotatable bonds is 0. The van der Waals surface area contributed by atoms with Crippen LogP contribution in [0.3, 0.4) is 0 Å². The van der Waals surface area contributed by atoms with Crippen molar-refractivity contribution in [3.63, 3.8) is 0 Å². The maximum Gasteiger partial charge on any atom is 0.136 e. The van der Waals surface area contributed by atoms with E-state index in [2.05, 4.69) is 24.3 Å². The third-order valence-electron chi connectivity index (χ3n) is 4.38. The Hall–Kier alpha value is -2.94. The van der Waals surface area contributed by atoms with Crippen LogP contribution in [0.1, 0.15) is 17.5 Å². The lowest BCUT2D eigenvalue weighted by Crippen LogP contribution is -2.18. The van der Waals surface area contributed by atoms with Crippen LogP contribution in [-0.2, 0) is 0 Å². The van der Waals surface area contributed by atoms with Crippen LogP contribution in [0.15, 0.2) is 77.3 Å². The third-order valence-corrected chi connectivity index (χ3v) is 4.38. The van der Waals surface area contributed by atoms with Gasteiger partial charge in [0.25, 0.3) is 0 Å².